The van der Waals surface area contributed by atoms with E-state index in [2.05, 4.69) is 41.7 Å². The molecule has 5 atom stereocenters. The minimum absolute atomic E-state index is 0.274. The minimum atomic E-state index is 0.274. The summed E-state index contributed by atoms with van der Waals surface area (Å²) in [6.07, 6.45) is 10.4. The molecule has 1 aromatic heterocycles. The Bertz CT molecular complexity index is 1240. The highest BCUT2D eigenvalue weighted by Gasteiger charge is 2.55. The van der Waals surface area contributed by atoms with E-state index in [0.717, 1.165) is 55.8 Å². The first-order valence-corrected chi connectivity index (χ1v) is 14.7. The lowest BCUT2D eigenvalue weighted by Gasteiger charge is -2.61. The number of benzene rings is 1. The van der Waals surface area contributed by atoms with Crippen molar-refractivity contribution in [3.63, 3.8) is 0 Å². The molecule has 1 unspecified atom stereocenters. The number of aromatic nitrogens is 2. The highest BCUT2D eigenvalue weighted by molar-refractivity contribution is 6.31. The van der Waals surface area contributed by atoms with Crippen LogP contribution in [-0.2, 0) is 6.54 Å². The van der Waals surface area contributed by atoms with Gasteiger partial charge in [0.2, 0.25) is 5.95 Å². The zero-order valence-electron chi connectivity index (χ0n) is 22.4. The molecular formula is C30H37ClN8. The fourth-order valence-electron chi connectivity index (χ4n) is 8.07. The van der Waals surface area contributed by atoms with Crippen LogP contribution in [0.15, 0.2) is 30.5 Å². The van der Waals surface area contributed by atoms with Crippen LogP contribution < -0.4 is 16.0 Å². The number of nitriles is 1. The third-order valence-corrected chi connectivity index (χ3v) is 9.99. The van der Waals surface area contributed by atoms with Gasteiger partial charge in [-0.3, -0.25) is 4.85 Å². The van der Waals surface area contributed by atoms with Crippen molar-refractivity contribution < 1.29 is 0 Å². The number of anilines is 2. The maximum Gasteiger partial charge on any atom is 0.270 e. The number of hydrogen-bond donors (Lipinski definition) is 3. The molecular weight excluding hydrogens is 508 g/mol. The van der Waals surface area contributed by atoms with Crippen LogP contribution in [0.5, 0.6) is 0 Å². The van der Waals surface area contributed by atoms with Crippen LogP contribution in [0, 0.1) is 41.1 Å². The molecule has 0 amide bonds. The van der Waals surface area contributed by atoms with Crippen molar-refractivity contribution in [2.75, 3.05) is 36.9 Å². The van der Waals surface area contributed by atoms with Gasteiger partial charge in [-0.15, -0.1) is 0 Å². The summed E-state index contributed by atoms with van der Waals surface area (Å²) in [6.45, 7) is 11.1. The van der Waals surface area contributed by atoms with Crippen molar-refractivity contribution in [2.24, 2.45) is 23.2 Å². The van der Waals surface area contributed by atoms with Crippen molar-refractivity contribution in [3.05, 3.63) is 58.0 Å². The Labute approximate surface area is 236 Å². The van der Waals surface area contributed by atoms with E-state index in [1.54, 1.807) is 6.20 Å². The molecule has 8 nitrogen and oxygen atoms in total. The van der Waals surface area contributed by atoms with E-state index in [9.17, 15) is 5.26 Å². The molecule has 0 spiro atoms. The first-order chi connectivity index (χ1) is 19.0. The quantitative estimate of drug-likeness (QED) is 0.376. The Hall–Kier alpha value is -2.91. The molecule has 5 fully saturated rings. The van der Waals surface area contributed by atoms with Crippen molar-refractivity contribution >= 4 is 23.4 Å². The van der Waals surface area contributed by atoms with Gasteiger partial charge in [-0.25, -0.2) is 16.5 Å². The van der Waals surface area contributed by atoms with Gasteiger partial charge in [0.1, 0.15) is 17.5 Å². The summed E-state index contributed by atoms with van der Waals surface area (Å²) in [5.74, 6) is 3.39. The number of nitrogens with one attached hydrogen (secondary N) is 3. The molecule has 9 heteroatoms. The predicted octanol–water partition coefficient (Wildman–Crippen LogP) is 5.15. The first-order valence-electron chi connectivity index (χ1n) is 14.3. The van der Waals surface area contributed by atoms with Crippen LogP contribution in [0.4, 0.5) is 11.8 Å². The van der Waals surface area contributed by atoms with Crippen LogP contribution in [0.3, 0.4) is 0 Å². The molecule has 0 radical (unpaired) electrons. The lowest BCUT2D eigenvalue weighted by atomic mass is 9.48. The summed E-state index contributed by atoms with van der Waals surface area (Å²) in [5, 5.41) is 21.4. The summed E-state index contributed by atoms with van der Waals surface area (Å²) in [6, 6.07) is 11.2. The average molecular weight is 545 g/mol. The topological polar surface area (TPSA) is 93.3 Å². The normalized spacial score (nSPS) is 30.0. The lowest BCUT2D eigenvalue weighted by Crippen LogP contribution is -2.61. The van der Waals surface area contributed by atoms with E-state index >= 15 is 0 Å². The third-order valence-electron chi connectivity index (χ3n) is 9.62. The number of piperidine rings is 1. The van der Waals surface area contributed by atoms with Crippen LogP contribution in [0.25, 0.3) is 4.85 Å². The molecule has 7 rings (SSSR count). The van der Waals surface area contributed by atoms with Crippen molar-refractivity contribution in [2.45, 2.75) is 63.6 Å². The largest absolute Gasteiger partial charge is 0.368 e. The van der Waals surface area contributed by atoms with Gasteiger partial charge in [0.05, 0.1) is 6.20 Å². The number of halogens is 1. The number of nitrogens with zero attached hydrogens (tertiary/aromatic N) is 5. The van der Waals surface area contributed by atoms with E-state index < -0.39 is 0 Å². The van der Waals surface area contributed by atoms with Crippen LogP contribution >= 0.6 is 11.6 Å². The van der Waals surface area contributed by atoms with E-state index in [0.29, 0.717) is 47.6 Å². The summed E-state index contributed by atoms with van der Waals surface area (Å²) in [5.41, 5.74) is 1.73. The molecule has 2 heterocycles. The van der Waals surface area contributed by atoms with Gasteiger partial charge in [-0.1, -0.05) is 29.8 Å². The molecule has 204 valence electrons. The smallest absolute Gasteiger partial charge is 0.270 e. The van der Waals surface area contributed by atoms with E-state index in [4.69, 9.17) is 18.2 Å². The van der Waals surface area contributed by atoms with Crippen LogP contribution in [0.2, 0.25) is 5.02 Å². The Morgan fingerprint density at radius 2 is 1.90 bits per heavy atom. The Morgan fingerprint density at radius 3 is 2.62 bits per heavy atom. The standard InChI is InChI=1S/C30H37ClN8/c1-33-19-39-8-6-25(7-9-39)37-27-22-10-20-11-23(27)14-30(12-20,13-22)18-36-28-24(15-32)17-35-29(38-28)34-16-21-4-2-3-5-26(21)31/h2-5,17,20,22-23,25,27,37H,6-14,16,18-19H2,(H2,34,35,36,38)/t20?,22-,23+,27-,30-. The predicted molar refractivity (Wildman–Crippen MR) is 153 cm³/mol. The van der Waals surface area contributed by atoms with Gasteiger partial charge in [0.25, 0.3) is 6.67 Å². The molecule has 5 aliphatic rings. The Kier molecular flexibility index (Phi) is 7.62. The second kappa shape index (κ2) is 11.3. The summed E-state index contributed by atoms with van der Waals surface area (Å²) in [4.78, 5) is 14.9. The van der Waals surface area contributed by atoms with Gasteiger partial charge in [-0.2, -0.15) is 10.2 Å². The average Bonchev–Trinajstić information content (AvgIpc) is 2.94. The van der Waals surface area contributed by atoms with Gasteiger partial charge < -0.3 is 16.0 Å². The fraction of sp³-hybridized carbons (Fsp3) is 0.600. The van der Waals surface area contributed by atoms with Gasteiger partial charge in [0, 0.05) is 43.3 Å². The molecule has 39 heavy (non-hydrogen) atoms. The molecule has 1 aliphatic heterocycles. The van der Waals surface area contributed by atoms with Crippen molar-refractivity contribution in [3.8, 4) is 6.07 Å². The highest BCUT2D eigenvalue weighted by Crippen LogP contribution is 2.60. The van der Waals surface area contributed by atoms with Gasteiger partial charge in [0.15, 0.2) is 0 Å². The Morgan fingerprint density at radius 1 is 1.13 bits per heavy atom. The molecule has 1 saturated heterocycles. The summed E-state index contributed by atoms with van der Waals surface area (Å²) < 4.78 is 0. The number of rotatable bonds is 9. The molecule has 2 aromatic rings. The van der Waals surface area contributed by atoms with Gasteiger partial charge >= 0.3 is 0 Å². The van der Waals surface area contributed by atoms with Crippen molar-refractivity contribution in [1.29, 1.82) is 5.26 Å². The molecule has 4 bridgehead atoms. The summed E-state index contributed by atoms with van der Waals surface area (Å²) in [7, 11) is 0. The van der Waals surface area contributed by atoms with E-state index in [-0.39, 0.29) is 5.41 Å². The number of hydrogen-bond acceptors (Lipinski definition) is 7. The zero-order valence-corrected chi connectivity index (χ0v) is 23.1. The highest BCUT2D eigenvalue weighted by atomic mass is 35.5. The van der Waals surface area contributed by atoms with E-state index in [1.807, 2.05) is 24.3 Å². The van der Waals surface area contributed by atoms with Gasteiger partial charge in [-0.05, 0) is 79.7 Å². The maximum absolute atomic E-state index is 9.72. The molecule has 1 aromatic carbocycles. The fourth-order valence-corrected chi connectivity index (χ4v) is 8.27. The molecule has 4 saturated carbocycles. The second-order valence-electron chi connectivity index (χ2n) is 12.2. The second-order valence-corrected chi connectivity index (χ2v) is 12.6. The lowest BCUT2D eigenvalue weighted by molar-refractivity contribution is -0.0734. The maximum atomic E-state index is 9.72. The minimum Gasteiger partial charge on any atom is -0.368 e. The van der Waals surface area contributed by atoms with Crippen molar-refractivity contribution in [1.82, 2.24) is 20.2 Å². The monoisotopic (exact) mass is 544 g/mol. The molecule has 4 aliphatic carbocycles. The number of likely N-dealkylation sites (tertiary alicyclic amines) is 1. The Balaban J connectivity index is 1.08. The van der Waals surface area contributed by atoms with Crippen LogP contribution in [0.1, 0.15) is 56.1 Å². The SMILES string of the molecule is [C-]#[N+]CN1CCC(N[C@@H]2[C@@H]3CC4C[C@H]2C[C@@](CNc2nc(NCc5ccccc5Cl)ncc2C#N)(C4)C3)CC1. The third kappa shape index (κ3) is 5.70. The zero-order chi connectivity index (χ0) is 26.8. The summed E-state index contributed by atoms with van der Waals surface area (Å²) >= 11 is 6.30. The van der Waals surface area contributed by atoms with E-state index in [1.165, 1.54) is 32.1 Å². The first kappa shape index (κ1) is 26.3. The van der Waals surface area contributed by atoms with Crippen LogP contribution in [-0.4, -0.2) is 53.3 Å². The molecule has 3 N–H and O–H groups in total.